The lowest BCUT2D eigenvalue weighted by Gasteiger charge is -2.24. The van der Waals surface area contributed by atoms with Gasteiger partial charge in [-0.2, -0.15) is 0 Å². The minimum atomic E-state index is -0.142. The van der Waals surface area contributed by atoms with Gasteiger partial charge in [0, 0.05) is 26.7 Å². The van der Waals surface area contributed by atoms with E-state index in [2.05, 4.69) is 29.8 Å². The van der Waals surface area contributed by atoms with Crippen molar-refractivity contribution in [1.29, 1.82) is 0 Å². The molecule has 2 N–H and O–H groups in total. The highest BCUT2D eigenvalue weighted by Crippen LogP contribution is 2.23. The lowest BCUT2D eigenvalue weighted by atomic mass is 10.0. The fraction of sp³-hybridized carbons (Fsp3) is 0.600. The van der Waals surface area contributed by atoms with Crippen molar-refractivity contribution < 1.29 is 9.59 Å². The predicted molar refractivity (Wildman–Crippen MR) is 94.0 cm³/mol. The maximum Gasteiger partial charge on any atom is 0.264 e. The highest BCUT2D eigenvalue weighted by Gasteiger charge is 2.19. The zero-order valence-electron chi connectivity index (χ0n) is 13.5. The summed E-state index contributed by atoms with van der Waals surface area (Å²) in [6.07, 6.45) is 0.759. The molecule has 22 heavy (non-hydrogen) atoms. The number of likely N-dealkylation sites (N-methyl/N-ethyl adjacent to an activating group) is 2. The van der Waals surface area contributed by atoms with Gasteiger partial charge >= 0.3 is 0 Å². The molecule has 1 rings (SSSR count). The molecule has 5 nitrogen and oxygen atoms in total. The standard InChI is InChI=1S/C15H24BrN3O2S/c1-10(2)11(17)7-8-18(3)14(20)9-19(4)15(21)12-5-6-13(16)22-12/h5-6,10-11H,7-9,17H2,1-4H3. The van der Waals surface area contributed by atoms with E-state index in [1.807, 2.05) is 6.07 Å². The predicted octanol–water partition coefficient (Wildman–Crippen LogP) is 2.41. The van der Waals surface area contributed by atoms with Gasteiger partial charge in [0.2, 0.25) is 5.91 Å². The summed E-state index contributed by atoms with van der Waals surface area (Å²) in [4.78, 5) is 28.1. The molecule has 1 aromatic heterocycles. The van der Waals surface area contributed by atoms with Gasteiger partial charge in [-0.1, -0.05) is 13.8 Å². The van der Waals surface area contributed by atoms with Gasteiger partial charge in [0.25, 0.3) is 5.91 Å². The Bertz CT molecular complexity index is 519. The Morgan fingerprint density at radius 2 is 1.91 bits per heavy atom. The van der Waals surface area contributed by atoms with Crippen molar-refractivity contribution >= 4 is 39.1 Å². The Balaban J connectivity index is 2.47. The first kappa shape index (κ1) is 19.1. The summed E-state index contributed by atoms with van der Waals surface area (Å²) >= 11 is 4.69. The van der Waals surface area contributed by atoms with Gasteiger partial charge in [-0.05, 0) is 40.4 Å². The molecular weight excluding hydrogens is 366 g/mol. The molecule has 1 unspecified atom stereocenters. The minimum absolute atomic E-state index is 0.0712. The largest absolute Gasteiger partial charge is 0.344 e. The number of carbonyl (C=O) groups excluding carboxylic acids is 2. The number of rotatable bonds is 7. The highest BCUT2D eigenvalue weighted by atomic mass is 79.9. The molecule has 0 bridgehead atoms. The maximum atomic E-state index is 12.2. The van der Waals surface area contributed by atoms with E-state index in [1.165, 1.54) is 16.2 Å². The van der Waals surface area contributed by atoms with Crippen LogP contribution >= 0.6 is 27.3 Å². The van der Waals surface area contributed by atoms with Crippen LogP contribution in [0.3, 0.4) is 0 Å². The molecule has 0 saturated heterocycles. The Labute approximate surface area is 144 Å². The summed E-state index contributed by atoms with van der Waals surface area (Å²) in [6.45, 7) is 4.81. The van der Waals surface area contributed by atoms with Crippen LogP contribution in [0.1, 0.15) is 29.9 Å². The monoisotopic (exact) mass is 389 g/mol. The molecule has 0 fully saturated rings. The van der Waals surface area contributed by atoms with Crippen LogP contribution in [-0.4, -0.2) is 54.8 Å². The van der Waals surface area contributed by atoms with Gasteiger partial charge < -0.3 is 15.5 Å². The van der Waals surface area contributed by atoms with E-state index in [0.717, 1.165) is 10.2 Å². The summed E-state index contributed by atoms with van der Waals surface area (Å²) in [7, 11) is 3.39. The van der Waals surface area contributed by atoms with Crippen molar-refractivity contribution in [2.24, 2.45) is 11.7 Å². The molecule has 0 saturated carbocycles. The summed E-state index contributed by atoms with van der Waals surface area (Å²) in [6, 6.07) is 3.66. The summed E-state index contributed by atoms with van der Waals surface area (Å²) < 4.78 is 0.898. The first-order valence-electron chi connectivity index (χ1n) is 7.22. The van der Waals surface area contributed by atoms with Crippen LogP contribution in [-0.2, 0) is 4.79 Å². The van der Waals surface area contributed by atoms with Gasteiger partial charge in [0.05, 0.1) is 15.2 Å². The first-order valence-corrected chi connectivity index (χ1v) is 8.83. The molecule has 1 heterocycles. The number of carbonyl (C=O) groups is 2. The van der Waals surface area contributed by atoms with Crippen molar-refractivity contribution in [2.45, 2.75) is 26.3 Å². The van der Waals surface area contributed by atoms with Crippen molar-refractivity contribution in [3.63, 3.8) is 0 Å². The van der Waals surface area contributed by atoms with E-state index in [1.54, 1.807) is 25.1 Å². The van der Waals surface area contributed by atoms with Crippen LogP contribution in [0.4, 0.5) is 0 Å². The molecule has 124 valence electrons. The van der Waals surface area contributed by atoms with Gasteiger partial charge in [-0.15, -0.1) is 11.3 Å². The molecule has 1 aromatic rings. The fourth-order valence-electron chi connectivity index (χ4n) is 1.81. The number of thiophene rings is 1. The number of nitrogens with two attached hydrogens (primary N) is 1. The molecule has 0 aromatic carbocycles. The van der Waals surface area contributed by atoms with Crippen LogP contribution in [0.2, 0.25) is 0 Å². The Kier molecular flexibility index (Phi) is 7.52. The third-order valence-corrected chi connectivity index (χ3v) is 5.19. The average Bonchev–Trinajstić information content (AvgIpc) is 2.89. The molecule has 1 atom stereocenters. The van der Waals surface area contributed by atoms with E-state index in [0.29, 0.717) is 17.3 Å². The smallest absolute Gasteiger partial charge is 0.264 e. The Morgan fingerprint density at radius 3 is 2.41 bits per heavy atom. The van der Waals surface area contributed by atoms with E-state index in [-0.39, 0.29) is 24.4 Å². The lowest BCUT2D eigenvalue weighted by Crippen LogP contribution is -2.41. The number of nitrogens with zero attached hydrogens (tertiary/aromatic N) is 2. The third kappa shape index (κ3) is 5.70. The number of amides is 2. The topological polar surface area (TPSA) is 66.6 Å². The number of hydrogen-bond donors (Lipinski definition) is 1. The molecule has 2 amide bonds. The fourth-order valence-corrected chi connectivity index (χ4v) is 3.19. The van der Waals surface area contributed by atoms with E-state index in [9.17, 15) is 9.59 Å². The third-order valence-electron chi connectivity index (χ3n) is 3.58. The van der Waals surface area contributed by atoms with E-state index in [4.69, 9.17) is 5.73 Å². The minimum Gasteiger partial charge on any atom is -0.344 e. The SMILES string of the molecule is CC(C)C(N)CCN(C)C(=O)CN(C)C(=O)c1ccc(Br)s1. The normalized spacial score (nSPS) is 12.3. The first-order chi connectivity index (χ1) is 10.2. The van der Waals surface area contributed by atoms with Crippen molar-refractivity contribution in [3.8, 4) is 0 Å². The Hall–Kier alpha value is -0.920. The number of hydrogen-bond acceptors (Lipinski definition) is 4. The highest BCUT2D eigenvalue weighted by molar-refractivity contribution is 9.11. The molecule has 0 spiro atoms. The van der Waals surface area contributed by atoms with E-state index >= 15 is 0 Å². The van der Waals surface area contributed by atoms with Gasteiger partial charge in [0.1, 0.15) is 0 Å². The molecule has 0 aliphatic rings. The zero-order valence-corrected chi connectivity index (χ0v) is 15.9. The summed E-state index contributed by atoms with van der Waals surface area (Å²) in [5.74, 6) is 0.170. The number of halogens is 1. The summed E-state index contributed by atoms with van der Waals surface area (Å²) in [5.41, 5.74) is 5.99. The van der Waals surface area contributed by atoms with Gasteiger partial charge in [-0.25, -0.2) is 0 Å². The maximum absolute atomic E-state index is 12.2. The summed E-state index contributed by atoms with van der Waals surface area (Å²) in [5, 5.41) is 0. The van der Waals surface area contributed by atoms with E-state index < -0.39 is 0 Å². The second-order valence-corrected chi connectivity index (χ2v) is 8.24. The quantitative estimate of drug-likeness (QED) is 0.778. The van der Waals surface area contributed by atoms with Crippen molar-refractivity contribution in [1.82, 2.24) is 9.80 Å². The van der Waals surface area contributed by atoms with Crippen LogP contribution in [0.15, 0.2) is 15.9 Å². The second kappa shape index (κ2) is 8.64. The van der Waals surface area contributed by atoms with Crippen LogP contribution in [0.25, 0.3) is 0 Å². The average molecular weight is 390 g/mol. The van der Waals surface area contributed by atoms with Crippen molar-refractivity contribution in [3.05, 3.63) is 20.8 Å². The molecular formula is C15H24BrN3O2S. The lowest BCUT2D eigenvalue weighted by molar-refractivity contribution is -0.130. The molecule has 0 radical (unpaired) electrons. The van der Waals surface area contributed by atoms with Gasteiger partial charge in [0.15, 0.2) is 0 Å². The van der Waals surface area contributed by atoms with Crippen LogP contribution < -0.4 is 5.73 Å². The molecule has 0 aliphatic heterocycles. The van der Waals surface area contributed by atoms with Crippen LogP contribution in [0.5, 0.6) is 0 Å². The molecule has 0 aliphatic carbocycles. The van der Waals surface area contributed by atoms with Gasteiger partial charge in [-0.3, -0.25) is 9.59 Å². The van der Waals surface area contributed by atoms with Crippen LogP contribution in [0, 0.1) is 5.92 Å². The Morgan fingerprint density at radius 1 is 1.27 bits per heavy atom. The van der Waals surface area contributed by atoms with Crippen molar-refractivity contribution in [2.75, 3.05) is 27.2 Å². The zero-order chi connectivity index (χ0) is 16.9. The second-order valence-electron chi connectivity index (χ2n) is 5.78. The molecule has 7 heteroatoms.